The van der Waals surface area contributed by atoms with Crippen molar-refractivity contribution < 1.29 is 31.8 Å². The van der Waals surface area contributed by atoms with Gasteiger partial charge in [-0.1, -0.05) is 31.4 Å². The first-order valence-corrected chi connectivity index (χ1v) is 14.1. The van der Waals surface area contributed by atoms with Crippen LogP contribution in [0.5, 0.6) is 11.5 Å². The maximum absolute atomic E-state index is 14.5. The van der Waals surface area contributed by atoms with Gasteiger partial charge in [-0.2, -0.15) is 13.2 Å². The number of methoxy groups -OCH3 is 2. The number of fused-ring (bicyclic) bond motifs is 1. The van der Waals surface area contributed by atoms with Crippen molar-refractivity contribution in [2.24, 2.45) is 0 Å². The number of carbonyl (C=O) groups is 1. The molecule has 2 N–H and O–H groups in total. The molecule has 2 amide bonds. The van der Waals surface area contributed by atoms with Gasteiger partial charge in [0.15, 0.2) is 17.3 Å². The number of carbonyl (C=O) groups excluding carboxylic acids is 1. The highest BCUT2D eigenvalue weighted by Gasteiger charge is 2.53. The zero-order valence-corrected chi connectivity index (χ0v) is 23.0. The number of hydrogen-bond acceptors (Lipinski definition) is 4. The van der Waals surface area contributed by atoms with E-state index in [1.165, 1.54) is 24.8 Å². The number of anilines is 1. The van der Waals surface area contributed by atoms with Crippen molar-refractivity contribution in [2.75, 3.05) is 26.1 Å². The first-order valence-electron chi connectivity index (χ1n) is 14.1. The number of urea groups is 1. The number of hydrogen-bond donors (Lipinski definition) is 2. The fourth-order valence-corrected chi connectivity index (χ4v) is 7.24. The molecule has 0 bridgehead atoms. The lowest BCUT2D eigenvalue weighted by Gasteiger charge is -2.47. The zero-order chi connectivity index (χ0) is 28.5. The fraction of sp³-hybridized carbons (Fsp3) is 0.567. The summed E-state index contributed by atoms with van der Waals surface area (Å²) in [5.41, 5.74) is -0.814. The van der Waals surface area contributed by atoms with Crippen LogP contribution in [0.3, 0.4) is 0 Å². The maximum Gasteiger partial charge on any atom is 0.419 e. The van der Waals surface area contributed by atoms with Gasteiger partial charge in [0, 0.05) is 23.5 Å². The van der Waals surface area contributed by atoms with E-state index < -0.39 is 29.3 Å². The Bertz CT molecular complexity index is 1220. The molecule has 40 heavy (non-hydrogen) atoms. The van der Waals surface area contributed by atoms with Crippen LogP contribution in [0.25, 0.3) is 0 Å². The molecule has 2 aliphatic carbocycles. The number of ether oxygens (including phenoxy) is 2. The lowest BCUT2D eigenvalue weighted by Crippen LogP contribution is -2.55. The number of nitrogens with zero attached hydrogens (tertiary/aromatic N) is 1. The molecule has 3 atom stereocenters. The van der Waals surface area contributed by atoms with E-state index in [-0.39, 0.29) is 17.5 Å². The van der Waals surface area contributed by atoms with E-state index in [0.29, 0.717) is 36.4 Å². The highest BCUT2D eigenvalue weighted by molar-refractivity contribution is 5.89. The third-order valence-electron chi connectivity index (χ3n) is 9.19. The Morgan fingerprint density at radius 3 is 2.45 bits per heavy atom. The summed E-state index contributed by atoms with van der Waals surface area (Å²) in [5.74, 6) is -0.123. The van der Waals surface area contributed by atoms with Crippen LogP contribution in [0.1, 0.15) is 68.9 Å². The van der Waals surface area contributed by atoms with E-state index in [1.807, 2.05) is 6.07 Å². The molecule has 218 valence electrons. The lowest BCUT2D eigenvalue weighted by molar-refractivity contribution is -0.139. The van der Waals surface area contributed by atoms with Crippen LogP contribution < -0.4 is 20.1 Å². The van der Waals surface area contributed by atoms with Crippen molar-refractivity contribution >= 4 is 11.7 Å². The number of alkyl halides is 3. The Balaban J connectivity index is 1.36. The Morgan fingerprint density at radius 1 is 1.00 bits per heavy atom. The largest absolute Gasteiger partial charge is 0.493 e. The van der Waals surface area contributed by atoms with Crippen LogP contribution in [0, 0.1) is 5.82 Å². The van der Waals surface area contributed by atoms with Gasteiger partial charge in [-0.15, -0.1) is 0 Å². The molecule has 1 aliphatic heterocycles. The third-order valence-corrected chi connectivity index (χ3v) is 9.19. The molecule has 6 nitrogen and oxygen atoms in total. The molecular formula is C30H37F4N3O3. The van der Waals surface area contributed by atoms with Crippen LogP contribution in [-0.2, 0) is 11.6 Å². The zero-order valence-electron chi connectivity index (χ0n) is 23.0. The molecule has 0 radical (unpaired) electrons. The molecule has 10 heteroatoms. The number of likely N-dealkylation sites (tertiary alicyclic amines) is 1. The molecular weight excluding hydrogens is 526 g/mol. The van der Waals surface area contributed by atoms with Crippen molar-refractivity contribution in [3.63, 3.8) is 0 Å². The minimum absolute atomic E-state index is 0.112. The smallest absolute Gasteiger partial charge is 0.419 e. The first kappa shape index (κ1) is 28.5. The van der Waals surface area contributed by atoms with Crippen LogP contribution >= 0.6 is 0 Å². The van der Waals surface area contributed by atoms with Gasteiger partial charge in [0.2, 0.25) is 0 Å². The summed E-state index contributed by atoms with van der Waals surface area (Å²) in [6.07, 6.45) is 4.38. The van der Waals surface area contributed by atoms with Crippen LogP contribution in [0.2, 0.25) is 0 Å². The SMILES string of the molecule is COc1ccc(C23CCC(NC(=O)Nc4cccc(C(F)(F)F)c4F)CC2N(C2CCCCC2)CC3)cc1OC. The Labute approximate surface area is 232 Å². The predicted molar refractivity (Wildman–Crippen MR) is 144 cm³/mol. The first-order chi connectivity index (χ1) is 19.2. The molecule has 3 unspecified atom stereocenters. The summed E-state index contributed by atoms with van der Waals surface area (Å²) in [4.78, 5) is 15.5. The van der Waals surface area contributed by atoms with Gasteiger partial charge in [0.25, 0.3) is 0 Å². The van der Waals surface area contributed by atoms with Gasteiger partial charge in [0.05, 0.1) is 25.5 Å². The number of benzene rings is 2. The molecule has 2 aromatic carbocycles. The molecule has 1 saturated heterocycles. The van der Waals surface area contributed by atoms with E-state index in [0.717, 1.165) is 44.4 Å². The summed E-state index contributed by atoms with van der Waals surface area (Å²) >= 11 is 0. The van der Waals surface area contributed by atoms with E-state index in [4.69, 9.17) is 9.47 Å². The van der Waals surface area contributed by atoms with Gasteiger partial charge in [0.1, 0.15) is 0 Å². The minimum atomic E-state index is -4.85. The number of nitrogens with one attached hydrogen (secondary N) is 2. The van der Waals surface area contributed by atoms with Crippen molar-refractivity contribution in [1.29, 1.82) is 0 Å². The molecule has 0 aromatic heterocycles. The monoisotopic (exact) mass is 563 g/mol. The lowest BCUT2D eigenvalue weighted by atomic mass is 9.64. The molecule has 3 fully saturated rings. The van der Waals surface area contributed by atoms with Crippen molar-refractivity contribution in [1.82, 2.24) is 10.2 Å². The summed E-state index contributed by atoms with van der Waals surface area (Å²) in [6.45, 7) is 0.970. The summed E-state index contributed by atoms with van der Waals surface area (Å²) in [6, 6.07) is 8.79. The second-order valence-corrected chi connectivity index (χ2v) is 11.3. The molecule has 5 rings (SSSR count). The highest BCUT2D eigenvalue weighted by atomic mass is 19.4. The maximum atomic E-state index is 14.5. The van der Waals surface area contributed by atoms with Gasteiger partial charge in [-0.05, 0) is 74.9 Å². The van der Waals surface area contributed by atoms with Crippen LogP contribution in [-0.4, -0.2) is 49.8 Å². The predicted octanol–water partition coefficient (Wildman–Crippen LogP) is 6.88. The topological polar surface area (TPSA) is 62.8 Å². The van der Waals surface area contributed by atoms with Gasteiger partial charge in [-0.3, -0.25) is 4.90 Å². The second kappa shape index (κ2) is 11.5. The number of halogens is 4. The second-order valence-electron chi connectivity index (χ2n) is 11.3. The van der Waals surface area contributed by atoms with Gasteiger partial charge in [-0.25, -0.2) is 9.18 Å². The highest BCUT2D eigenvalue weighted by Crippen LogP contribution is 2.52. The van der Waals surface area contributed by atoms with E-state index in [2.05, 4.69) is 27.7 Å². The summed E-state index contributed by atoms with van der Waals surface area (Å²) < 4.78 is 65.0. The van der Waals surface area contributed by atoms with Crippen molar-refractivity contribution in [3.8, 4) is 11.5 Å². The molecule has 0 spiro atoms. The fourth-order valence-electron chi connectivity index (χ4n) is 7.24. The van der Waals surface area contributed by atoms with E-state index in [1.54, 1.807) is 14.2 Å². The summed E-state index contributed by atoms with van der Waals surface area (Å²) in [5, 5.41) is 5.23. The average molecular weight is 564 g/mol. The Kier molecular flexibility index (Phi) is 8.17. The molecule has 2 aromatic rings. The van der Waals surface area contributed by atoms with Crippen molar-refractivity contribution in [2.45, 2.75) is 87.5 Å². The summed E-state index contributed by atoms with van der Waals surface area (Å²) in [7, 11) is 3.25. The standard InChI is InChI=1S/C30H37F4N3O3/c1-39-24-12-11-19(17-25(24)40-2)29-14-13-20(18-26(29)37(16-15-29)21-7-4-3-5-8-21)35-28(38)36-23-10-6-9-22(27(23)31)30(32,33)34/h6,9-12,17,20-21,26H,3-5,7-8,13-16,18H2,1-2H3,(H2,35,36,38). The number of amides is 2. The quantitative estimate of drug-likeness (QED) is 0.376. The van der Waals surface area contributed by atoms with Crippen LogP contribution in [0.15, 0.2) is 36.4 Å². The normalized spacial score (nSPS) is 25.8. The average Bonchev–Trinajstić information content (AvgIpc) is 3.33. The Morgan fingerprint density at radius 2 is 1.75 bits per heavy atom. The minimum Gasteiger partial charge on any atom is -0.493 e. The molecule has 3 aliphatic rings. The van der Waals surface area contributed by atoms with Crippen LogP contribution in [0.4, 0.5) is 28.0 Å². The Hall–Kier alpha value is -3.01. The number of rotatable bonds is 6. The van der Waals surface area contributed by atoms with E-state index in [9.17, 15) is 22.4 Å². The van der Waals surface area contributed by atoms with Crippen molar-refractivity contribution in [3.05, 3.63) is 53.3 Å². The molecule has 1 heterocycles. The molecule has 2 saturated carbocycles. The van der Waals surface area contributed by atoms with E-state index >= 15 is 0 Å². The van der Waals surface area contributed by atoms with Gasteiger partial charge < -0.3 is 20.1 Å². The third kappa shape index (κ3) is 5.47. The van der Waals surface area contributed by atoms with Gasteiger partial charge >= 0.3 is 12.2 Å².